The van der Waals surface area contributed by atoms with Gasteiger partial charge in [0.1, 0.15) is 12.6 Å². The molecule has 0 unspecified atom stereocenters. The maximum Gasteiger partial charge on any atom is 0.187 e. The van der Waals surface area contributed by atoms with Gasteiger partial charge in [-0.15, -0.1) is 0 Å². The van der Waals surface area contributed by atoms with Crippen molar-refractivity contribution in [1.82, 2.24) is 0 Å². The van der Waals surface area contributed by atoms with Gasteiger partial charge in [0, 0.05) is 12.8 Å². The summed E-state index contributed by atoms with van der Waals surface area (Å²) in [4.78, 5) is 19.4. The molecule has 52 valence electrons. The van der Waals surface area contributed by atoms with Gasteiger partial charge in [0.2, 0.25) is 0 Å². The zero-order chi connectivity index (χ0) is 6.24. The molecular formula is C6H13AlO2. The van der Waals surface area contributed by atoms with Gasteiger partial charge < -0.3 is 9.59 Å². The minimum atomic E-state index is 0. The lowest BCUT2D eigenvalue weighted by Crippen LogP contribution is -1.78. The molecule has 0 heterocycles. The van der Waals surface area contributed by atoms with Crippen LogP contribution in [0.1, 0.15) is 25.7 Å². The molecule has 3 heteroatoms. The molecule has 0 aliphatic heterocycles. The van der Waals surface area contributed by atoms with E-state index in [1.807, 2.05) is 0 Å². The first kappa shape index (κ1) is 11.6. The van der Waals surface area contributed by atoms with Crippen LogP contribution in [-0.2, 0) is 9.59 Å². The van der Waals surface area contributed by atoms with E-state index >= 15 is 0 Å². The van der Waals surface area contributed by atoms with Gasteiger partial charge in [-0.3, -0.25) is 0 Å². The normalized spacial score (nSPS) is 7.56. The van der Waals surface area contributed by atoms with E-state index in [0.29, 0.717) is 12.8 Å². The molecule has 2 nitrogen and oxygen atoms in total. The Balaban J connectivity index is 0. The molecule has 0 aromatic heterocycles. The van der Waals surface area contributed by atoms with E-state index in [9.17, 15) is 9.59 Å². The van der Waals surface area contributed by atoms with Gasteiger partial charge in [-0.05, 0) is 12.8 Å². The van der Waals surface area contributed by atoms with Gasteiger partial charge in [0.05, 0.1) is 0 Å². The highest BCUT2D eigenvalue weighted by molar-refractivity contribution is 5.75. The van der Waals surface area contributed by atoms with Crippen molar-refractivity contribution < 1.29 is 9.59 Å². The van der Waals surface area contributed by atoms with Gasteiger partial charge in [0.15, 0.2) is 17.4 Å². The van der Waals surface area contributed by atoms with Crippen molar-refractivity contribution in [2.24, 2.45) is 0 Å². The summed E-state index contributed by atoms with van der Waals surface area (Å²) in [6.45, 7) is 0. The number of carbonyl (C=O) groups is 2. The largest absolute Gasteiger partial charge is 0.303 e. The van der Waals surface area contributed by atoms with Crippen molar-refractivity contribution in [1.29, 1.82) is 0 Å². The number of carbonyl (C=O) groups excluding carboxylic acids is 2. The maximum absolute atomic E-state index is 9.68. The van der Waals surface area contributed by atoms with E-state index in [2.05, 4.69) is 0 Å². The number of hydrogen-bond acceptors (Lipinski definition) is 2. The second kappa shape index (κ2) is 10.8. The van der Waals surface area contributed by atoms with E-state index in [1.165, 1.54) is 0 Å². The minimum absolute atomic E-state index is 0. The predicted molar refractivity (Wildman–Crippen MR) is 40.5 cm³/mol. The molecule has 9 heavy (non-hydrogen) atoms. The molecule has 0 saturated carbocycles. The molecule has 0 amide bonds. The average Bonchev–Trinajstić information content (AvgIpc) is 1.81. The molecule has 0 aliphatic rings. The van der Waals surface area contributed by atoms with Crippen LogP contribution in [0.15, 0.2) is 0 Å². The number of unbranched alkanes of at least 4 members (excludes halogenated alkanes) is 3. The molecule has 0 saturated heterocycles. The molecule has 0 spiro atoms. The summed E-state index contributed by atoms with van der Waals surface area (Å²) < 4.78 is 0. The first-order valence-electron chi connectivity index (χ1n) is 2.79. The van der Waals surface area contributed by atoms with Gasteiger partial charge in [-0.25, -0.2) is 0 Å². The smallest absolute Gasteiger partial charge is 0.187 e. The molecule has 0 aliphatic carbocycles. The van der Waals surface area contributed by atoms with Crippen LogP contribution in [0.25, 0.3) is 0 Å². The molecule has 0 bridgehead atoms. The van der Waals surface area contributed by atoms with E-state index in [-0.39, 0.29) is 17.4 Å². The summed E-state index contributed by atoms with van der Waals surface area (Å²) in [6, 6.07) is 0. The summed E-state index contributed by atoms with van der Waals surface area (Å²) in [7, 11) is 0. The van der Waals surface area contributed by atoms with Crippen molar-refractivity contribution in [3.8, 4) is 0 Å². The predicted octanol–water partition coefficient (Wildman–Crippen LogP) is -0.239. The van der Waals surface area contributed by atoms with Crippen LogP contribution < -0.4 is 0 Å². The topological polar surface area (TPSA) is 34.1 Å². The fraction of sp³-hybridized carbons (Fsp3) is 0.667. The highest BCUT2D eigenvalue weighted by atomic mass is 27.0. The molecule has 0 N–H and O–H groups in total. The summed E-state index contributed by atoms with van der Waals surface area (Å²) in [5, 5.41) is 0. The number of hydrogen-bond donors (Lipinski definition) is 0. The van der Waals surface area contributed by atoms with Crippen LogP contribution in [0.3, 0.4) is 0 Å². The Morgan fingerprint density at radius 1 is 0.889 bits per heavy atom. The fourth-order valence-electron chi connectivity index (χ4n) is 0.455. The third-order valence-corrected chi connectivity index (χ3v) is 0.894. The Morgan fingerprint density at radius 3 is 1.44 bits per heavy atom. The Bertz CT molecular complexity index is 63.5. The van der Waals surface area contributed by atoms with E-state index in [1.54, 1.807) is 0 Å². The monoisotopic (exact) mass is 144 g/mol. The molecule has 0 aromatic carbocycles. The summed E-state index contributed by atoms with van der Waals surface area (Å²) in [5.74, 6) is 0. The van der Waals surface area contributed by atoms with Crippen molar-refractivity contribution >= 4 is 29.9 Å². The molecule has 0 rings (SSSR count). The SMILES string of the molecule is O=CCCCCC=O.[AlH3]. The lowest BCUT2D eigenvalue weighted by atomic mass is 10.2. The summed E-state index contributed by atoms with van der Waals surface area (Å²) in [5.41, 5.74) is 0. The van der Waals surface area contributed by atoms with Gasteiger partial charge >= 0.3 is 0 Å². The van der Waals surface area contributed by atoms with Crippen LogP contribution in [0.4, 0.5) is 0 Å². The maximum atomic E-state index is 9.68. The number of aldehydes is 2. The van der Waals surface area contributed by atoms with Gasteiger partial charge in [-0.1, -0.05) is 0 Å². The summed E-state index contributed by atoms with van der Waals surface area (Å²) in [6.07, 6.45) is 4.64. The quantitative estimate of drug-likeness (QED) is 0.303. The zero-order valence-corrected chi connectivity index (χ0v) is 4.80. The average molecular weight is 144 g/mol. The van der Waals surface area contributed by atoms with Crippen LogP contribution in [0, 0.1) is 0 Å². The third-order valence-electron chi connectivity index (χ3n) is 0.894. The second-order valence-electron chi connectivity index (χ2n) is 1.62. The highest BCUT2D eigenvalue weighted by Crippen LogP contribution is 1.93. The second-order valence-corrected chi connectivity index (χ2v) is 1.62. The van der Waals surface area contributed by atoms with Crippen LogP contribution >= 0.6 is 0 Å². The van der Waals surface area contributed by atoms with Crippen molar-refractivity contribution in [3.05, 3.63) is 0 Å². The lowest BCUT2D eigenvalue weighted by molar-refractivity contribution is -0.109. The third kappa shape index (κ3) is 11.4. The molecule has 0 aromatic rings. The summed E-state index contributed by atoms with van der Waals surface area (Å²) >= 11 is 0. The molecule has 0 radical (unpaired) electrons. The van der Waals surface area contributed by atoms with Crippen molar-refractivity contribution in [2.75, 3.05) is 0 Å². The Labute approximate surface area is 65.8 Å². The molecule has 0 atom stereocenters. The van der Waals surface area contributed by atoms with Gasteiger partial charge in [0.25, 0.3) is 0 Å². The molecular weight excluding hydrogens is 131 g/mol. The lowest BCUT2D eigenvalue weighted by Gasteiger charge is -1.85. The van der Waals surface area contributed by atoms with E-state index in [4.69, 9.17) is 0 Å². The molecule has 0 fully saturated rings. The number of rotatable bonds is 5. The minimum Gasteiger partial charge on any atom is -0.303 e. The van der Waals surface area contributed by atoms with Crippen LogP contribution in [0.2, 0.25) is 0 Å². The highest BCUT2D eigenvalue weighted by Gasteiger charge is 1.83. The van der Waals surface area contributed by atoms with Crippen LogP contribution in [0.5, 0.6) is 0 Å². The standard InChI is InChI=1S/C6H10O2.Al.3H/c7-5-3-1-2-4-6-8;;;;/h5-6H,1-4H2;;;;. The Kier molecular flexibility index (Phi) is 13.9. The first-order valence-corrected chi connectivity index (χ1v) is 2.79. The van der Waals surface area contributed by atoms with Crippen molar-refractivity contribution in [3.63, 3.8) is 0 Å². The van der Waals surface area contributed by atoms with Gasteiger partial charge in [-0.2, -0.15) is 0 Å². The van der Waals surface area contributed by atoms with Crippen LogP contribution in [-0.4, -0.2) is 29.9 Å². The van der Waals surface area contributed by atoms with Crippen molar-refractivity contribution in [2.45, 2.75) is 25.7 Å². The zero-order valence-electron chi connectivity index (χ0n) is 4.80. The first-order chi connectivity index (χ1) is 3.91. The fourth-order valence-corrected chi connectivity index (χ4v) is 0.455. The van der Waals surface area contributed by atoms with E-state index in [0.717, 1.165) is 25.4 Å². The van der Waals surface area contributed by atoms with E-state index < -0.39 is 0 Å². The Morgan fingerprint density at radius 2 is 1.22 bits per heavy atom. The Hall–Kier alpha value is -0.128.